The monoisotopic (exact) mass is 497 g/mol. The Morgan fingerprint density at radius 1 is 1.09 bits per heavy atom. The van der Waals surface area contributed by atoms with E-state index in [0.29, 0.717) is 31.1 Å². The van der Waals surface area contributed by atoms with Gasteiger partial charge in [0.05, 0.1) is 11.6 Å². The van der Waals surface area contributed by atoms with Gasteiger partial charge in [-0.3, -0.25) is 0 Å². The molecule has 2 amide bonds. The number of likely N-dealkylation sites (N-methyl/N-ethyl adjacent to an activating group) is 1. The minimum Gasteiger partial charge on any atom is -0.484 e. The van der Waals surface area contributed by atoms with E-state index in [1.54, 1.807) is 11.9 Å². The number of carbonyl (C=O) groups is 2. The molecule has 0 bridgehead atoms. The summed E-state index contributed by atoms with van der Waals surface area (Å²) in [4.78, 5) is 39.5. The first-order chi connectivity index (χ1) is 15.5. The Labute approximate surface area is 206 Å². The van der Waals surface area contributed by atoms with Crippen molar-refractivity contribution >= 4 is 35.4 Å². The van der Waals surface area contributed by atoms with Gasteiger partial charge in [-0.25, -0.2) is 14.5 Å². The van der Waals surface area contributed by atoms with E-state index in [9.17, 15) is 9.59 Å². The van der Waals surface area contributed by atoms with Crippen LogP contribution in [0.5, 0.6) is 5.75 Å². The van der Waals surface area contributed by atoms with Crippen molar-refractivity contribution in [3.8, 4) is 5.75 Å². The first kappa shape index (κ1) is 26.1. The SMILES string of the molecule is CN(C(=O)OC(C)(C)C)[C@@H]1CCN(c2nc(Cl)nc3c2OCC(C)(C)N3C(=O)OC(C)(C)C)C1. The van der Waals surface area contributed by atoms with Gasteiger partial charge in [0.1, 0.15) is 17.8 Å². The van der Waals surface area contributed by atoms with Gasteiger partial charge in [-0.2, -0.15) is 9.97 Å². The van der Waals surface area contributed by atoms with Crippen LogP contribution in [0.15, 0.2) is 0 Å². The van der Waals surface area contributed by atoms with E-state index in [1.165, 1.54) is 4.90 Å². The van der Waals surface area contributed by atoms with Crippen LogP contribution in [0.3, 0.4) is 0 Å². The molecule has 0 unspecified atom stereocenters. The van der Waals surface area contributed by atoms with Crippen LogP contribution in [0.25, 0.3) is 0 Å². The smallest absolute Gasteiger partial charge is 0.416 e. The number of carbonyl (C=O) groups excluding carboxylic acids is 2. The highest BCUT2D eigenvalue weighted by molar-refractivity contribution is 6.28. The van der Waals surface area contributed by atoms with E-state index in [2.05, 4.69) is 9.97 Å². The maximum Gasteiger partial charge on any atom is 0.416 e. The average Bonchev–Trinajstić information content (AvgIpc) is 3.12. The van der Waals surface area contributed by atoms with Crippen LogP contribution in [-0.4, -0.2) is 76.6 Å². The number of nitrogens with zero attached hydrogens (tertiary/aromatic N) is 5. The molecule has 1 fully saturated rings. The van der Waals surface area contributed by atoms with Gasteiger partial charge < -0.3 is 24.0 Å². The summed E-state index contributed by atoms with van der Waals surface area (Å²) in [6, 6.07) is -0.0822. The topological polar surface area (TPSA) is 97.3 Å². The highest BCUT2D eigenvalue weighted by atomic mass is 35.5. The fourth-order valence-corrected chi connectivity index (χ4v) is 4.03. The molecule has 0 N–H and O–H groups in total. The van der Waals surface area contributed by atoms with Crippen molar-refractivity contribution in [2.24, 2.45) is 0 Å². The minimum atomic E-state index is -0.714. The lowest BCUT2D eigenvalue weighted by Crippen LogP contribution is -2.56. The molecule has 1 aromatic rings. The van der Waals surface area contributed by atoms with E-state index in [1.807, 2.05) is 60.3 Å². The molecule has 0 radical (unpaired) electrons. The summed E-state index contributed by atoms with van der Waals surface area (Å²) in [6.07, 6.45) is -0.198. The Kier molecular flexibility index (Phi) is 6.87. The number of ether oxygens (including phenoxy) is 3. The zero-order valence-electron chi connectivity index (χ0n) is 21.6. The standard InChI is InChI=1S/C23H36ClN5O5/c1-21(2,3)33-19(30)27(9)14-10-11-28(12-14)16-15-17(26-18(24)25-16)29(23(7,8)13-32-15)20(31)34-22(4,5)6/h14H,10-13H2,1-9H3/t14-/m1/s1. The minimum absolute atomic E-state index is 0.00689. The van der Waals surface area contributed by atoms with Gasteiger partial charge >= 0.3 is 12.2 Å². The van der Waals surface area contributed by atoms with Crippen LogP contribution >= 0.6 is 11.6 Å². The van der Waals surface area contributed by atoms with Crippen molar-refractivity contribution in [1.29, 1.82) is 0 Å². The number of amides is 2. The van der Waals surface area contributed by atoms with Crippen molar-refractivity contribution in [3.05, 3.63) is 5.28 Å². The van der Waals surface area contributed by atoms with Gasteiger partial charge in [-0.1, -0.05) is 0 Å². The van der Waals surface area contributed by atoms with E-state index < -0.39 is 22.8 Å². The molecule has 0 spiro atoms. The Morgan fingerprint density at radius 3 is 2.26 bits per heavy atom. The van der Waals surface area contributed by atoms with E-state index in [4.69, 9.17) is 25.8 Å². The molecule has 190 valence electrons. The maximum absolute atomic E-state index is 13.1. The lowest BCUT2D eigenvalue weighted by Gasteiger charge is -2.42. The summed E-state index contributed by atoms with van der Waals surface area (Å²) in [5.41, 5.74) is -1.97. The molecule has 2 aliphatic heterocycles. The number of rotatable bonds is 2. The normalized spacial score (nSPS) is 19.9. The van der Waals surface area contributed by atoms with Crippen molar-refractivity contribution in [2.45, 2.75) is 84.6 Å². The Bertz CT molecular complexity index is 956. The van der Waals surface area contributed by atoms with Crippen molar-refractivity contribution in [3.63, 3.8) is 0 Å². The molecule has 0 aliphatic carbocycles. The average molecular weight is 498 g/mol. The quantitative estimate of drug-likeness (QED) is 0.551. The molecule has 2 aliphatic rings. The van der Waals surface area contributed by atoms with Gasteiger partial charge in [0.25, 0.3) is 0 Å². The van der Waals surface area contributed by atoms with E-state index >= 15 is 0 Å². The largest absolute Gasteiger partial charge is 0.484 e. The summed E-state index contributed by atoms with van der Waals surface area (Å²) in [7, 11) is 1.73. The third-order valence-corrected chi connectivity index (χ3v) is 5.63. The predicted octanol–water partition coefficient (Wildman–Crippen LogP) is 4.49. The molecular formula is C23H36ClN5O5. The number of fused-ring (bicyclic) bond motifs is 1. The molecule has 3 heterocycles. The second-order valence-corrected chi connectivity index (χ2v) is 11.7. The number of hydrogen-bond donors (Lipinski definition) is 0. The summed E-state index contributed by atoms with van der Waals surface area (Å²) in [5.74, 6) is 1.12. The molecular weight excluding hydrogens is 462 g/mol. The Morgan fingerprint density at radius 2 is 1.68 bits per heavy atom. The van der Waals surface area contributed by atoms with Crippen molar-refractivity contribution in [1.82, 2.24) is 14.9 Å². The fourth-order valence-electron chi connectivity index (χ4n) is 3.87. The number of halogens is 1. The highest BCUT2D eigenvalue weighted by Crippen LogP contribution is 2.44. The molecule has 10 nitrogen and oxygen atoms in total. The van der Waals surface area contributed by atoms with Crippen molar-refractivity contribution < 1.29 is 23.8 Å². The van der Waals surface area contributed by atoms with Gasteiger partial charge in [-0.05, 0) is 73.4 Å². The summed E-state index contributed by atoms with van der Waals surface area (Å²) in [5, 5.41) is -0.00689. The first-order valence-corrected chi connectivity index (χ1v) is 11.8. The van der Waals surface area contributed by atoms with Gasteiger partial charge in [0, 0.05) is 20.1 Å². The number of hydrogen-bond acceptors (Lipinski definition) is 8. The van der Waals surface area contributed by atoms with Gasteiger partial charge in [-0.15, -0.1) is 0 Å². The maximum atomic E-state index is 13.1. The molecule has 1 aromatic heterocycles. The van der Waals surface area contributed by atoms with Crippen molar-refractivity contribution in [2.75, 3.05) is 36.5 Å². The zero-order chi connectivity index (χ0) is 25.6. The van der Waals surface area contributed by atoms with Crippen LogP contribution in [0.4, 0.5) is 21.2 Å². The Balaban J connectivity index is 1.90. The molecule has 1 saturated heterocycles. The molecule has 34 heavy (non-hydrogen) atoms. The molecule has 1 atom stereocenters. The molecule has 0 saturated carbocycles. The Hall–Kier alpha value is -2.49. The first-order valence-electron chi connectivity index (χ1n) is 11.4. The van der Waals surface area contributed by atoms with Crippen LogP contribution in [0, 0.1) is 0 Å². The van der Waals surface area contributed by atoms with Crippen LogP contribution in [0.1, 0.15) is 61.8 Å². The van der Waals surface area contributed by atoms with E-state index in [0.717, 1.165) is 0 Å². The number of aromatic nitrogens is 2. The number of anilines is 2. The highest BCUT2D eigenvalue weighted by Gasteiger charge is 2.45. The third-order valence-electron chi connectivity index (χ3n) is 5.46. The van der Waals surface area contributed by atoms with Crippen LogP contribution in [-0.2, 0) is 9.47 Å². The second-order valence-electron chi connectivity index (χ2n) is 11.4. The van der Waals surface area contributed by atoms with Gasteiger partial charge in [0.15, 0.2) is 11.6 Å². The zero-order valence-corrected chi connectivity index (χ0v) is 22.3. The molecule has 3 rings (SSSR count). The lowest BCUT2D eigenvalue weighted by atomic mass is 10.0. The van der Waals surface area contributed by atoms with E-state index in [-0.39, 0.29) is 29.8 Å². The fraction of sp³-hybridized carbons (Fsp3) is 0.739. The molecule has 0 aromatic carbocycles. The van der Waals surface area contributed by atoms with Crippen LogP contribution < -0.4 is 14.5 Å². The summed E-state index contributed by atoms with van der Waals surface area (Å²) in [6.45, 7) is 16.0. The summed E-state index contributed by atoms with van der Waals surface area (Å²) >= 11 is 6.31. The molecule has 11 heteroatoms. The van der Waals surface area contributed by atoms with Gasteiger partial charge in [0.2, 0.25) is 11.0 Å². The van der Waals surface area contributed by atoms with Crippen LogP contribution in [0.2, 0.25) is 5.28 Å². The predicted molar refractivity (Wildman–Crippen MR) is 130 cm³/mol. The lowest BCUT2D eigenvalue weighted by molar-refractivity contribution is 0.0237. The summed E-state index contributed by atoms with van der Waals surface area (Å²) < 4.78 is 17.2. The third kappa shape index (κ3) is 5.76. The second kappa shape index (κ2) is 8.94.